The Bertz CT molecular complexity index is 268. The van der Waals surface area contributed by atoms with Crippen LogP contribution in [0.3, 0.4) is 0 Å². The van der Waals surface area contributed by atoms with Gasteiger partial charge in [0, 0.05) is 6.42 Å². The molecule has 2 atom stereocenters. The fraction of sp³-hybridized carbons (Fsp3) is 1.00. The van der Waals surface area contributed by atoms with Gasteiger partial charge in [-0.05, 0) is 6.42 Å². The minimum Gasteiger partial charge on any atom is -0.274 e. The van der Waals surface area contributed by atoms with Gasteiger partial charge in [-0.1, -0.05) is 13.8 Å². The molecule has 1 aliphatic rings. The smallest absolute Gasteiger partial charge is 0.274 e. The maximum atomic E-state index is 13.6. The standard InChI is InChI=1S/C8H10F6O/c1-3-5(9)6(10,4-2)15-8(13,14)7(5,11)12/h3-4H2,1-2H3. The third-order valence-electron chi connectivity index (χ3n) is 2.69. The molecular formula is C8H10F6O. The van der Waals surface area contributed by atoms with E-state index in [4.69, 9.17) is 0 Å². The number of hydrogen-bond donors (Lipinski definition) is 0. The molecule has 15 heavy (non-hydrogen) atoms. The Balaban J connectivity index is 3.31. The summed E-state index contributed by atoms with van der Waals surface area (Å²) in [5.41, 5.74) is -4.00. The van der Waals surface area contributed by atoms with Gasteiger partial charge in [-0.15, -0.1) is 0 Å². The molecule has 0 radical (unpaired) electrons. The van der Waals surface area contributed by atoms with Gasteiger partial charge in [0.2, 0.25) is 5.67 Å². The van der Waals surface area contributed by atoms with E-state index in [1.807, 2.05) is 0 Å². The maximum absolute atomic E-state index is 13.6. The van der Waals surface area contributed by atoms with E-state index in [-0.39, 0.29) is 0 Å². The first-order chi connectivity index (χ1) is 6.58. The lowest BCUT2D eigenvalue weighted by Gasteiger charge is -2.31. The lowest BCUT2D eigenvalue weighted by atomic mass is 9.87. The third kappa shape index (κ3) is 1.21. The summed E-state index contributed by atoms with van der Waals surface area (Å²) in [5.74, 6) is -8.83. The van der Waals surface area contributed by atoms with Crippen molar-refractivity contribution in [3.63, 3.8) is 0 Å². The molecule has 90 valence electrons. The van der Waals surface area contributed by atoms with Crippen LogP contribution in [0.1, 0.15) is 26.7 Å². The molecule has 0 aromatic heterocycles. The van der Waals surface area contributed by atoms with Gasteiger partial charge in [0.15, 0.2) is 0 Å². The lowest BCUT2D eigenvalue weighted by Crippen LogP contribution is -2.55. The molecule has 0 amide bonds. The third-order valence-corrected chi connectivity index (χ3v) is 2.69. The molecule has 1 heterocycles. The van der Waals surface area contributed by atoms with Gasteiger partial charge < -0.3 is 0 Å². The van der Waals surface area contributed by atoms with Gasteiger partial charge in [-0.3, -0.25) is 4.74 Å². The topological polar surface area (TPSA) is 9.23 Å². The van der Waals surface area contributed by atoms with Crippen LogP contribution in [-0.2, 0) is 4.74 Å². The van der Waals surface area contributed by atoms with Crippen LogP contribution < -0.4 is 0 Å². The average Bonchev–Trinajstić information content (AvgIpc) is 2.23. The van der Waals surface area contributed by atoms with Crippen LogP contribution in [0.4, 0.5) is 26.3 Å². The molecule has 1 saturated heterocycles. The molecule has 1 aliphatic heterocycles. The quantitative estimate of drug-likeness (QED) is 0.667. The van der Waals surface area contributed by atoms with Crippen molar-refractivity contribution >= 4 is 0 Å². The van der Waals surface area contributed by atoms with Crippen molar-refractivity contribution in [2.75, 3.05) is 0 Å². The second-order valence-corrected chi connectivity index (χ2v) is 3.43. The molecule has 0 saturated carbocycles. The van der Waals surface area contributed by atoms with E-state index in [1.165, 1.54) is 0 Å². The van der Waals surface area contributed by atoms with Gasteiger partial charge in [0.25, 0.3) is 5.85 Å². The lowest BCUT2D eigenvalue weighted by molar-refractivity contribution is -0.337. The Hall–Kier alpha value is -0.460. The SMILES string of the molecule is CCC1(F)OC(F)(F)C(F)(F)C1(F)CC. The largest absolute Gasteiger partial charge is 0.425 e. The van der Waals surface area contributed by atoms with E-state index >= 15 is 0 Å². The van der Waals surface area contributed by atoms with E-state index in [0.29, 0.717) is 0 Å². The van der Waals surface area contributed by atoms with Crippen molar-refractivity contribution in [2.45, 2.75) is 50.2 Å². The molecule has 0 spiro atoms. The summed E-state index contributed by atoms with van der Waals surface area (Å²) >= 11 is 0. The number of alkyl halides is 6. The van der Waals surface area contributed by atoms with Crippen LogP contribution in [-0.4, -0.2) is 23.6 Å². The van der Waals surface area contributed by atoms with Crippen molar-refractivity contribution < 1.29 is 31.1 Å². The maximum Gasteiger partial charge on any atom is 0.425 e. The molecule has 1 nitrogen and oxygen atoms in total. The van der Waals surface area contributed by atoms with Crippen LogP contribution in [0.2, 0.25) is 0 Å². The van der Waals surface area contributed by atoms with E-state index in [2.05, 4.69) is 4.74 Å². The van der Waals surface area contributed by atoms with Crippen molar-refractivity contribution in [1.82, 2.24) is 0 Å². The fourth-order valence-corrected chi connectivity index (χ4v) is 1.65. The van der Waals surface area contributed by atoms with Crippen molar-refractivity contribution in [3.8, 4) is 0 Å². The van der Waals surface area contributed by atoms with Crippen LogP contribution in [0.25, 0.3) is 0 Å². The molecule has 0 aromatic carbocycles. The Kier molecular flexibility index (Phi) is 2.54. The van der Waals surface area contributed by atoms with Crippen LogP contribution >= 0.6 is 0 Å². The van der Waals surface area contributed by atoms with E-state index in [0.717, 1.165) is 13.8 Å². The summed E-state index contributed by atoms with van der Waals surface area (Å²) in [6.07, 6.45) is -7.13. The van der Waals surface area contributed by atoms with Gasteiger partial charge >= 0.3 is 12.0 Å². The number of hydrogen-bond acceptors (Lipinski definition) is 1. The van der Waals surface area contributed by atoms with Crippen molar-refractivity contribution in [1.29, 1.82) is 0 Å². The van der Waals surface area contributed by atoms with Crippen LogP contribution in [0.15, 0.2) is 0 Å². The highest BCUT2D eigenvalue weighted by molar-refractivity contribution is 5.12. The Morgan fingerprint density at radius 2 is 1.33 bits per heavy atom. The minimum atomic E-state index is -5.17. The van der Waals surface area contributed by atoms with Crippen molar-refractivity contribution in [3.05, 3.63) is 0 Å². The first kappa shape index (κ1) is 12.6. The average molecular weight is 236 g/mol. The minimum absolute atomic E-state index is 0.864. The fourth-order valence-electron chi connectivity index (χ4n) is 1.65. The summed E-state index contributed by atoms with van der Waals surface area (Å²) in [4.78, 5) is 0. The Morgan fingerprint density at radius 1 is 0.867 bits per heavy atom. The molecule has 1 rings (SSSR count). The van der Waals surface area contributed by atoms with Gasteiger partial charge in [-0.25, -0.2) is 8.78 Å². The molecule has 0 aliphatic carbocycles. The molecule has 7 heteroatoms. The molecule has 0 bridgehead atoms. The highest BCUT2D eigenvalue weighted by Crippen LogP contribution is 2.61. The Morgan fingerprint density at radius 3 is 1.60 bits per heavy atom. The summed E-state index contributed by atoms with van der Waals surface area (Å²) < 4.78 is 81.6. The molecule has 2 unspecified atom stereocenters. The first-order valence-electron chi connectivity index (χ1n) is 4.41. The van der Waals surface area contributed by atoms with Crippen molar-refractivity contribution in [2.24, 2.45) is 0 Å². The highest BCUT2D eigenvalue weighted by atomic mass is 19.3. The monoisotopic (exact) mass is 236 g/mol. The molecule has 0 aromatic rings. The predicted octanol–water partition coefficient (Wildman–Crippen LogP) is 3.44. The zero-order chi connectivity index (χ0) is 12.1. The molecule has 1 fully saturated rings. The summed E-state index contributed by atoms with van der Waals surface area (Å²) in [7, 11) is 0. The summed E-state index contributed by atoms with van der Waals surface area (Å²) in [6, 6.07) is 0. The highest BCUT2D eigenvalue weighted by Gasteiger charge is 2.86. The zero-order valence-electron chi connectivity index (χ0n) is 8.09. The first-order valence-corrected chi connectivity index (χ1v) is 4.41. The number of rotatable bonds is 2. The molecular weight excluding hydrogens is 226 g/mol. The normalized spacial score (nSPS) is 43.2. The second kappa shape index (κ2) is 3.02. The second-order valence-electron chi connectivity index (χ2n) is 3.43. The number of ether oxygens (including phenoxy) is 1. The van der Waals surface area contributed by atoms with E-state index < -0.39 is 36.4 Å². The van der Waals surface area contributed by atoms with Crippen LogP contribution in [0.5, 0.6) is 0 Å². The van der Waals surface area contributed by atoms with Gasteiger partial charge in [0.05, 0.1) is 0 Å². The van der Waals surface area contributed by atoms with Gasteiger partial charge in [-0.2, -0.15) is 17.6 Å². The summed E-state index contributed by atoms with van der Waals surface area (Å²) in [5, 5.41) is 0. The van der Waals surface area contributed by atoms with Gasteiger partial charge in [0.1, 0.15) is 0 Å². The number of halogens is 6. The predicted molar refractivity (Wildman–Crippen MR) is 39.2 cm³/mol. The Labute approximate surface area is 82.4 Å². The van der Waals surface area contributed by atoms with E-state index in [9.17, 15) is 26.3 Å². The zero-order valence-corrected chi connectivity index (χ0v) is 8.09. The van der Waals surface area contributed by atoms with Crippen LogP contribution in [0, 0.1) is 0 Å². The van der Waals surface area contributed by atoms with E-state index in [1.54, 1.807) is 0 Å². The summed E-state index contributed by atoms with van der Waals surface area (Å²) in [6.45, 7) is 1.82. The molecule has 0 N–H and O–H groups in total.